The third-order valence-corrected chi connectivity index (χ3v) is 5.57. The lowest BCUT2D eigenvalue weighted by atomic mass is 10.1. The van der Waals surface area contributed by atoms with E-state index < -0.39 is 10.8 Å². The molecule has 0 spiro atoms. The van der Waals surface area contributed by atoms with Crippen LogP contribution in [0.3, 0.4) is 0 Å². The molecule has 4 aromatic carbocycles. The number of rotatable bonds is 3. The molecule has 0 amide bonds. The molecule has 0 aromatic heterocycles. The lowest BCUT2D eigenvalue weighted by Gasteiger charge is -2.02. The van der Waals surface area contributed by atoms with Crippen LogP contribution in [0, 0.1) is 0 Å². The molecule has 0 heterocycles. The summed E-state index contributed by atoms with van der Waals surface area (Å²) in [7, 11) is -1.29. The Balaban J connectivity index is 0.000000172. The summed E-state index contributed by atoms with van der Waals surface area (Å²) in [5.41, 5.74) is 2.03. The van der Waals surface area contributed by atoms with Crippen LogP contribution >= 0.6 is 0 Å². The summed E-state index contributed by atoms with van der Waals surface area (Å²) in [4.78, 5) is 1.23. The summed E-state index contributed by atoms with van der Waals surface area (Å²) < 4.78 is 12.0. The van der Waals surface area contributed by atoms with E-state index in [0.717, 1.165) is 11.1 Å². The highest BCUT2D eigenvalue weighted by Gasteiger charge is 2.06. The topological polar surface area (TPSA) is 98.0 Å². The van der Waals surface area contributed by atoms with Gasteiger partial charge in [-0.2, -0.15) is 0 Å². The molecule has 6 heteroatoms. The minimum Gasteiger partial charge on any atom is -0.508 e. The first-order chi connectivity index (χ1) is 14.4. The number of benzene rings is 4. The lowest BCUT2D eigenvalue weighted by Crippen LogP contribution is -1.91. The van der Waals surface area contributed by atoms with Crippen LogP contribution < -0.4 is 0 Å². The molecule has 0 fully saturated rings. The average Bonchev–Trinajstić information content (AvgIpc) is 2.76. The molecule has 0 bridgehead atoms. The van der Waals surface area contributed by atoms with Crippen molar-refractivity contribution in [1.82, 2.24) is 0 Å². The second-order valence-electron chi connectivity index (χ2n) is 6.35. The van der Waals surface area contributed by atoms with Crippen molar-refractivity contribution < 1.29 is 24.6 Å². The van der Waals surface area contributed by atoms with E-state index in [0.29, 0.717) is 9.79 Å². The van der Waals surface area contributed by atoms with Gasteiger partial charge in [-0.25, -0.2) is 4.21 Å². The third kappa shape index (κ3) is 5.62. The minimum atomic E-state index is -1.29. The summed E-state index contributed by atoms with van der Waals surface area (Å²) in [6.07, 6.45) is 0. The van der Waals surface area contributed by atoms with Crippen LogP contribution in [0.25, 0.3) is 11.1 Å². The Morgan fingerprint density at radius 3 is 0.900 bits per heavy atom. The Morgan fingerprint density at radius 1 is 0.400 bits per heavy atom. The van der Waals surface area contributed by atoms with Crippen LogP contribution in [-0.4, -0.2) is 24.6 Å². The van der Waals surface area contributed by atoms with Gasteiger partial charge in [-0.05, 0) is 83.9 Å². The van der Waals surface area contributed by atoms with E-state index >= 15 is 0 Å². The number of hydrogen-bond donors (Lipinski definition) is 4. The molecule has 0 aliphatic carbocycles. The molecule has 0 saturated carbocycles. The average molecular weight is 420 g/mol. The smallest absolute Gasteiger partial charge is 0.115 e. The third-order valence-electron chi connectivity index (χ3n) is 4.17. The van der Waals surface area contributed by atoms with Gasteiger partial charge in [-0.1, -0.05) is 24.3 Å². The maximum absolute atomic E-state index is 12.0. The molecule has 0 aliphatic rings. The van der Waals surface area contributed by atoms with Crippen molar-refractivity contribution in [3.63, 3.8) is 0 Å². The molecule has 4 N–H and O–H groups in total. The van der Waals surface area contributed by atoms with Crippen LogP contribution in [0.1, 0.15) is 0 Å². The largest absolute Gasteiger partial charge is 0.508 e. The van der Waals surface area contributed by atoms with Crippen molar-refractivity contribution in [2.24, 2.45) is 0 Å². The second kappa shape index (κ2) is 9.62. The quantitative estimate of drug-likeness (QED) is 0.373. The molecule has 0 atom stereocenters. The van der Waals surface area contributed by atoms with Crippen LogP contribution in [-0.2, 0) is 10.8 Å². The highest BCUT2D eigenvalue weighted by Crippen LogP contribution is 2.23. The fourth-order valence-corrected chi connectivity index (χ4v) is 3.62. The summed E-state index contributed by atoms with van der Waals surface area (Å²) in [6.45, 7) is 0. The predicted octanol–water partition coefficient (Wildman–Crippen LogP) is 5.03. The first-order valence-electron chi connectivity index (χ1n) is 9.00. The maximum atomic E-state index is 12.0. The van der Waals surface area contributed by atoms with Crippen LogP contribution in [0.15, 0.2) is 107 Å². The van der Waals surface area contributed by atoms with E-state index in [9.17, 15) is 4.21 Å². The number of phenolic OH excluding ortho intramolecular Hbond substituents is 4. The molecule has 4 rings (SSSR count). The zero-order valence-corrected chi connectivity index (χ0v) is 16.7. The molecule has 0 radical (unpaired) electrons. The first-order valence-corrected chi connectivity index (χ1v) is 10.2. The first kappa shape index (κ1) is 21.0. The van der Waals surface area contributed by atoms with Gasteiger partial charge in [0.2, 0.25) is 0 Å². The Bertz CT molecular complexity index is 1010. The van der Waals surface area contributed by atoms with Crippen molar-refractivity contribution in [3.05, 3.63) is 97.1 Å². The molecule has 0 unspecified atom stereocenters. The second-order valence-corrected chi connectivity index (χ2v) is 7.83. The highest BCUT2D eigenvalue weighted by molar-refractivity contribution is 7.85. The Morgan fingerprint density at radius 2 is 0.633 bits per heavy atom. The van der Waals surface area contributed by atoms with Gasteiger partial charge in [0.15, 0.2) is 0 Å². The van der Waals surface area contributed by atoms with Gasteiger partial charge in [0.05, 0.1) is 10.8 Å². The highest BCUT2D eigenvalue weighted by atomic mass is 32.2. The van der Waals surface area contributed by atoms with Crippen LogP contribution in [0.4, 0.5) is 0 Å². The van der Waals surface area contributed by atoms with Crippen molar-refractivity contribution in [3.8, 4) is 34.1 Å². The standard InChI is InChI=1S/C12H10O3S.C12H10O2/c13-9-1-5-11(6-2-9)16(15)12-7-3-10(14)4-8-12;13-11-5-1-9(2-6-11)10-3-7-12(14)8-4-10/h1-8,13-14H;1-8,13-14H. The normalized spacial score (nSPS) is 10.3. The van der Waals surface area contributed by atoms with E-state index in [1.165, 1.54) is 24.3 Å². The van der Waals surface area contributed by atoms with Crippen molar-refractivity contribution in [2.75, 3.05) is 0 Å². The monoisotopic (exact) mass is 420 g/mol. The summed E-state index contributed by atoms with van der Waals surface area (Å²) in [6, 6.07) is 26.3. The van der Waals surface area contributed by atoms with Gasteiger partial charge in [0.25, 0.3) is 0 Å². The van der Waals surface area contributed by atoms with Gasteiger partial charge in [-0.15, -0.1) is 0 Å². The summed E-state index contributed by atoms with van der Waals surface area (Å²) in [5.74, 6) is 0.804. The van der Waals surface area contributed by atoms with E-state index in [1.54, 1.807) is 48.5 Å². The zero-order chi connectivity index (χ0) is 21.5. The number of hydrogen-bond acceptors (Lipinski definition) is 5. The van der Waals surface area contributed by atoms with E-state index in [-0.39, 0.29) is 23.0 Å². The van der Waals surface area contributed by atoms with Gasteiger partial charge in [-0.3, -0.25) is 0 Å². The van der Waals surface area contributed by atoms with Gasteiger partial charge < -0.3 is 20.4 Å². The van der Waals surface area contributed by atoms with Crippen molar-refractivity contribution in [1.29, 1.82) is 0 Å². The molecule has 4 aromatic rings. The molecule has 0 saturated heterocycles. The van der Waals surface area contributed by atoms with Gasteiger partial charge in [0.1, 0.15) is 23.0 Å². The fraction of sp³-hybridized carbons (Fsp3) is 0. The Labute approximate surface area is 176 Å². The summed E-state index contributed by atoms with van der Waals surface area (Å²) in [5, 5.41) is 36.4. The Hall–Kier alpha value is -3.77. The van der Waals surface area contributed by atoms with E-state index in [4.69, 9.17) is 20.4 Å². The molecule has 0 aliphatic heterocycles. The predicted molar refractivity (Wildman–Crippen MR) is 116 cm³/mol. The molecule has 30 heavy (non-hydrogen) atoms. The summed E-state index contributed by atoms with van der Waals surface area (Å²) >= 11 is 0. The van der Waals surface area contributed by atoms with Gasteiger partial charge in [0, 0.05) is 9.79 Å². The molecular weight excluding hydrogens is 400 g/mol. The molecule has 152 valence electrons. The van der Waals surface area contributed by atoms with Gasteiger partial charge >= 0.3 is 0 Å². The minimum absolute atomic E-state index is 0.145. The number of aromatic hydroxyl groups is 4. The maximum Gasteiger partial charge on any atom is 0.115 e. The SMILES string of the molecule is O=S(c1ccc(O)cc1)c1ccc(O)cc1.Oc1ccc(-c2ccc(O)cc2)cc1. The Kier molecular flexibility index (Phi) is 6.72. The molecule has 5 nitrogen and oxygen atoms in total. The van der Waals surface area contributed by atoms with E-state index in [1.807, 2.05) is 24.3 Å². The van der Waals surface area contributed by atoms with Crippen molar-refractivity contribution >= 4 is 10.8 Å². The number of phenols is 4. The molecular formula is C24H20O5S. The zero-order valence-electron chi connectivity index (χ0n) is 15.8. The lowest BCUT2D eigenvalue weighted by molar-refractivity contribution is 0.474. The van der Waals surface area contributed by atoms with Crippen LogP contribution in [0.2, 0.25) is 0 Å². The van der Waals surface area contributed by atoms with Crippen molar-refractivity contribution in [2.45, 2.75) is 9.79 Å². The van der Waals surface area contributed by atoms with Crippen LogP contribution in [0.5, 0.6) is 23.0 Å². The van der Waals surface area contributed by atoms with E-state index in [2.05, 4.69) is 0 Å². The fourth-order valence-electron chi connectivity index (χ4n) is 2.58.